The lowest BCUT2D eigenvalue weighted by Gasteiger charge is -2.30. The van der Waals surface area contributed by atoms with Crippen molar-refractivity contribution in [3.05, 3.63) is 22.8 Å². The third-order valence-electron chi connectivity index (χ3n) is 4.02. The lowest BCUT2D eigenvalue weighted by molar-refractivity contribution is 0.1000. The van der Waals surface area contributed by atoms with Gasteiger partial charge >= 0.3 is 0 Å². The molecule has 1 amide bonds. The lowest BCUT2D eigenvalue weighted by atomic mass is 10.1. The van der Waals surface area contributed by atoms with Crippen LogP contribution in [0.1, 0.15) is 36.5 Å². The van der Waals surface area contributed by atoms with Crippen molar-refractivity contribution >= 4 is 23.3 Å². The van der Waals surface area contributed by atoms with E-state index < -0.39 is 5.91 Å². The van der Waals surface area contributed by atoms with Gasteiger partial charge in [0.1, 0.15) is 5.82 Å². The van der Waals surface area contributed by atoms with E-state index in [1.165, 1.54) is 12.6 Å². The summed E-state index contributed by atoms with van der Waals surface area (Å²) in [5, 5.41) is 0.460. The fraction of sp³-hybridized carbons (Fsp3) is 0.600. The van der Waals surface area contributed by atoms with E-state index in [2.05, 4.69) is 16.8 Å². The Balaban J connectivity index is 2.25. The van der Waals surface area contributed by atoms with Crippen LogP contribution in [0.5, 0.6) is 0 Å². The normalized spacial score (nSPS) is 21.5. The number of methoxy groups -OCH3 is 1. The van der Waals surface area contributed by atoms with Crippen molar-refractivity contribution in [2.24, 2.45) is 11.7 Å². The second-order valence-electron chi connectivity index (χ2n) is 5.65. The van der Waals surface area contributed by atoms with E-state index in [1.54, 1.807) is 13.2 Å². The van der Waals surface area contributed by atoms with Crippen molar-refractivity contribution in [2.45, 2.75) is 32.2 Å². The smallest absolute Gasteiger partial charge is 0.250 e. The number of hydrogen-bond donors (Lipinski definition) is 1. The Kier molecular flexibility index (Phi) is 5.42. The first-order valence-electron chi connectivity index (χ1n) is 7.23. The Morgan fingerprint density at radius 3 is 2.86 bits per heavy atom. The molecule has 1 heterocycles. The molecule has 0 bridgehead atoms. The van der Waals surface area contributed by atoms with Crippen LogP contribution in [0.4, 0.5) is 5.82 Å². The van der Waals surface area contributed by atoms with Crippen molar-refractivity contribution in [3.8, 4) is 0 Å². The quantitative estimate of drug-likeness (QED) is 0.876. The zero-order valence-corrected chi connectivity index (χ0v) is 13.3. The van der Waals surface area contributed by atoms with Gasteiger partial charge in [-0.15, -0.1) is 0 Å². The van der Waals surface area contributed by atoms with Crippen LogP contribution >= 0.6 is 11.6 Å². The summed E-state index contributed by atoms with van der Waals surface area (Å²) < 4.78 is 5.20. The maximum absolute atomic E-state index is 11.2. The maximum atomic E-state index is 11.2. The molecule has 2 rings (SSSR count). The number of primary amides is 1. The number of ether oxygens (including phenoxy) is 1. The largest absolute Gasteiger partial charge is 0.383 e. The van der Waals surface area contributed by atoms with Crippen LogP contribution in [-0.2, 0) is 4.74 Å². The maximum Gasteiger partial charge on any atom is 0.250 e. The van der Waals surface area contributed by atoms with Crippen molar-refractivity contribution in [1.82, 2.24) is 4.98 Å². The van der Waals surface area contributed by atoms with E-state index in [1.807, 2.05) is 0 Å². The van der Waals surface area contributed by atoms with Gasteiger partial charge < -0.3 is 15.4 Å². The third kappa shape index (κ3) is 3.86. The molecule has 1 aliphatic carbocycles. The molecule has 6 heteroatoms. The number of carbonyl (C=O) groups is 1. The molecule has 2 unspecified atom stereocenters. The summed E-state index contributed by atoms with van der Waals surface area (Å²) in [5.74, 6) is 0.899. The highest BCUT2D eigenvalue weighted by atomic mass is 35.5. The first-order valence-corrected chi connectivity index (χ1v) is 7.61. The molecule has 1 fully saturated rings. The number of rotatable bonds is 6. The molecule has 1 aromatic rings. The molecule has 0 aromatic carbocycles. The molecule has 116 valence electrons. The topological polar surface area (TPSA) is 68.4 Å². The van der Waals surface area contributed by atoms with Crippen LogP contribution in [0.25, 0.3) is 0 Å². The van der Waals surface area contributed by atoms with Crippen molar-refractivity contribution in [2.75, 3.05) is 25.2 Å². The van der Waals surface area contributed by atoms with Crippen molar-refractivity contribution in [3.63, 3.8) is 0 Å². The van der Waals surface area contributed by atoms with Crippen LogP contribution in [0.3, 0.4) is 0 Å². The summed E-state index contributed by atoms with van der Waals surface area (Å²) in [4.78, 5) is 17.8. The van der Waals surface area contributed by atoms with Gasteiger partial charge in [-0.05, 0) is 31.2 Å². The summed E-state index contributed by atoms with van der Waals surface area (Å²) in [6.45, 7) is 3.61. The zero-order valence-electron chi connectivity index (χ0n) is 12.5. The van der Waals surface area contributed by atoms with Crippen molar-refractivity contribution in [1.29, 1.82) is 0 Å². The molecule has 1 aliphatic rings. The first kappa shape index (κ1) is 16.0. The van der Waals surface area contributed by atoms with Crippen LogP contribution in [0.2, 0.25) is 5.02 Å². The van der Waals surface area contributed by atoms with Gasteiger partial charge in [0.25, 0.3) is 0 Å². The number of nitrogens with zero attached hydrogens (tertiary/aromatic N) is 2. The molecular weight excluding hydrogens is 290 g/mol. The highest BCUT2D eigenvalue weighted by molar-refractivity contribution is 6.33. The Morgan fingerprint density at radius 2 is 2.33 bits per heavy atom. The lowest BCUT2D eigenvalue weighted by Crippen LogP contribution is -2.37. The number of halogens is 1. The highest BCUT2D eigenvalue weighted by Crippen LogP contribution is 2.34. The van der Waals surface area contributed by atoms with Gasteiger partial charge in [0.2, 0.25) is 5.91 Å². The predicted octanol–water partition coefficient (Wildman–Crippen LogP) is 2.48. The summed E-state index contributed by atoms with van der Waals surface area (Å²) in [5.41, 5.74) is 5.59. The number of carbonyl (C=O) groups excluding carboxylic acids is 1. The van der Waals surface area contributed by atoms with E-state index in [-0.39, 0.29) is 0 Å². The monoisotopic (exact) mass is 311 g/mol. The molecule has 2 N–H and O–H groups in total. The Bertz CT molecular complexity index is 510. The van der Waals surface area contributed by atoms with Gasteiger partial charge in [-0.3, -0.25) is 4.79 Å². The first-order chi connectivity index (χ1) is 10.0. The molecule has 1 saturated carbocycles. The molecular formula is C15H22ClN3O2. The van der Waals surface area contributed by atoms with Crippen LogP contribution < -0.4 is 10.6 Å². The molecule has 0 radical (unpaired) electrons. The minimum absolute atomic E-state index is 0.329. The van der Waals surface area contributed by atoms with Gasteiger partial charge in [-0.25, -0.2) is 4.98 Å². The Morgan fingerprint density at radius 1 is 1.57 bits per heavy atom. The SMILES string of the molecule is COCCN(c1ncc(C(N)=O)cc1Cl)C1CCC(C)C1. The minimum atomic E-state index is -0.520. The van der Waals surface area contributed by atoms with Crippen LogP contribution in [0, 0.1) is 5.92 Å². The molecule has 1 aromatic heterocycles. The molecule has 5 nitrogen and oxygen atoms in total. The fourth-order valence-electron chi connectivity index (χ4n) is 2.89. The van der Waals surface area contributed by atoms with Crippen LogP contribution in [0.15, 0.2) is 12.3 Å². The number of amides is 1. The number of nitrogens with two attached hydrogens (primary N) is 1. The highest BCUT2D eigenvalue weighted by Gasteiger charge is 2.29. The minimum Gasteiger partial charge on any atom is -0.383 e. The Labute approximate surface area is 130 Å². The van der Waals surface area contributed by atoms with E-state index in [4.69, 9.17) is 22.1 Å². The second-order valence-corrected chi connectivity index (χ2v) is 6.06. The van der Waals surface area contributed by atoms with Gasteiger partial charge in [-0.1, -0.05) is 18.5 Å². The van der Waals surface area contributed by atoms with Gasteiger partial charge in [-0.2, -0.15) is 0 Å². The van der Waals surface area contributed by atoms with Crippen LogP contribution in [-0.4, -0.2) is 37.2 Å². The summed E-state index contributed by atoms with van der Waals surface area (Å²) in [7, 11) is 1.68. The van der Waals surface area contributed by atoms with Gasteiger partial charge in [0.15, 0.2) is 0 Å². The number of hydrogen-bond acceptors (Lipinski definition) is 4. The second kappa shape index (κ2) is 7.09. The summed E-state index contributed by atoms with van der Waals surface area (Å²) in [6.07, 6.45) is 4.95. The summed E-state index contributed by atoms with van der Waals surface area (Å²) >= 11 is 6.31. The van der Waals surface area contributed by atoms with E-state index >= 15 is 0 Å². The molecule has 0 spiro atoms. The number of pyridine rings is 1. The van der Waals surface area contributed by atoms with Crippen molar-refractivity contribution < 1.29 is 9.53 Å². The average molecular weight is 312 g/mol. The zero-order chi connectivity index (χ0) is 15.4. The Hall–Kier alpha value is -1.33. The van der Waals surface area contributed by atoms with E-state index in [9.17, 15) is 4.79 Å². The number of aromatic nitrogens is 1. The fourth-order valence-corrected chi connectivity index (χ4v) is 3.16. The van der Waals surface area contributed by atoms with E-state index in [0.29, 0.717) is 35.0 Å². The predicted molar refractivity (Wildman–Crippen MR) is 83.8 cm³/mol. The van der Waals surface area contributed by atoms with Gasteiger partial charge in [0.05, 0.1) is 17.2 Å². The standard InChI is InChI=1S/C15H22ClN3O2/c1-10-3-4-12(7-10)19(5-6-21-2)15-13(16)8-11(9-18-15)14(17)20/h8-10,12H,3-7H2,1-2H3,(H2,17,20). The molecule has 0 saturated heterocycles. The molecule has 21 heavy (non-hydrogen) atoms. The molecule has 0 aliphatic heterocycles. The van der Waals surface area contributed by atoms with Gasteiger partial charge in [0, 0.05) is 25.9 Å². The summed E-state index contributed by atoms with van der Waals surface area (Å²) in [6, 6.07) is 2.00. The molecule has 2 atom stereocenters. The third-order valence-corrected chi connectivity index (χ3v) is 4.30. The van der Waals surface area contributed by atoms with E-state index in [0.717, 1.165) is 19.4 Å². The number of anilines is 1. The average Bonchev–Trinajstić information content (AvgIpc) is 2.87.